The number of nitrogens with zero attached hydrogens (tertiary/aromatic N) is 2. The molecule has 0 amide bonds. The lowest BCUT2D eigenvalue weighted by Crippen LogP contribution is -1.99. The smallest absolute Gasteiger partial charge is 0.175 e. The Hall–Kier alpha value is -3.13. The monoisotopic (exact) mass is 354 g/mol. The van der Waals surface area contributed by atoms with Gasteiger partial charge in [0.15, 0.2) is 15.7 Å². The summed E-state index contributed by atoms with van der Waals surface area (Å²) in [6.45, 7) is 0. The molecule has 0 spiro atoms. The molecule has 0 aliphatic carbocycles. The Morgan fingerprint density at radius 1 is 1.08 bits per heavy atom. The molecule has 0 bridgehead atoms. The van der Waals surface area contributed by atoms with Crippen LogP contribution in [-0.4, -0.2) is 35.0 Å². The van der Waals surface area contributed by atoms with Crippen molar-refractivity contribution in [2.75, 3.05) is 11.6 Å². The number of benzene rings is 2. The number of fused-ring (bicyclic) bond motifs is 3. The number of nitrogens with one attached hydrogen (secondary N) is 2. The number of aromatic nitrogens is 3. The van der Waals surface area contributed by atoms with Crippen LogP contribution < -0.4 is 5.32 Å². The lowest BCUT2D eigenvalue weighted by Gasteiger charge is -2.09. The fourth-order valence-electron chi connectivity index (χ4n) is 2.68. The zero-order valence-corrected chi connectivity index (χ0v) is 14.0. The maximum atomic E-state index is 11.8. The summed E-state index contributed by atoms with van der Waals surface area (Å²) < 4.78 is 23.6. The van der Waals surface area contributed by atoms with Gasteiger partial charge in [0.25, 0.3) is 0 Å². The van der Waals surface area contributed by atoms with Gasteiger partial charge in [0.1, 0.15) is 11.3 Å². The summed E-state index contributed by atoms with van der Waals surface area (Å²) in [6.07, 6.45) is 2.82. The zero-order valence-electron chi connectivity index (χ0n) is 13.2. The highest BCUT2D eigenvalue weighted by molar-refractivity contribution is 7.90. The maximum absolute atomic E-state index is 11.8. The summed E-state index contributed by atoms with van der Waals surface area (Å²) in [5.74, 6) is 0.745. The van der Waals surface area contributed by atoms with E-state index in [0.717, 1.165) is 11.1 Å². The molecule has 0 saturated carbocycles. The van der Waals surface area contributed by atoms with Gasteiger partial charge in [0.05, 0.1) is 16.6 Å². The Morgan fingerprint density at radius 2 is 1.84 bits per heavy atom. The first-order valence-corrected chi connectivity index (χ1v) is 9.34. The molecular weight excluding hydrogens is 340 g/mol. The molecule has 0 fully saturated rings. The molecule has 0 aliphatic heterocycles. The van der Waals surface area contributed by atoms with E-state index in [1.54, 1.807) is 48.7 Å². The highest BCUT2D eigenvalue weighted by Crippen LogP contribution is 2.31. The van der Waals surface area contributed by atoms with Crippen molar-refractivity contribution in [3.05, 3.63) is 48.7 Å². The van der Waals surface area contributed by atoms with Crippen molar-refractivity contribution in [1.82, 2.24) is 15.2 Å². The van der Waals surface area contributed by atoms with Gasteiger partial charge in [-0.05, 0) is 42.5 Å². The van der Waals surface area contributed by atoms with Crippen molar-refractivity contribution in [3.63, 3.8) is 0 Å². The molecule has 0 saturated heterocycles. The van der Waals surface area contributed by atoms with Crippen molar-refractivity contribution in [3.8, 4) is 5.75 Å². The van der Waals surface area contributed by atoms with Crippen LogP contribution in [-0.2, 0) is 9.84 Å². The molecule has 2 aromatic heterocycles. The molecule has 0 radical (unpaired) electrons. The number of phenolic OH excluding ortho intramolecular Hbond substituents is 1. The first-order chi connectivity index (χ1) is 11.9. The minimum Gasteiger partial charge on any atom is -0.508 e. The standard InChI is InChI=1S/C17H14N4O3S/c1-25(23,24)12-6-7-15-13(8-12)14-9-18-21-16(14)17(20-15)19-10-2-4-11(22)5-3-10/h2-9,22H,1H3,(H,18,21)(H,19,20). The number of aromatic amines is 1. The van der Waals surface area contributed by atoms with Gasteiger partial charge in [0.2, 0.25) is 0 Å². The van der Waals surface area contributed by atoms with Crippen LogP contribution in [0.15, 0.2) is 53.6 Å². The molecule has 126 valence electrons. The number of pyridine rings is 1. The van der Waals surface area contributed by atoms with Crippen molar-refractivity contribution in [2.24, 2.45) is 0 Å². The SMILES string of the molecule is CS(=O)(=O)c1ccc2nc(Nc3ccc(O)cc3)c3[nH]ncc3c2c1. The molecule has 8 heteroatoms. The molecule has 4 rings (SSSR count). The van der Waals surface area contributed by atoms with Crippen LogP contribution in [0.1, 0.15) is 0 Å². The number of hydrogen-bond acceptors (Lipinski definition) is 6. The molecule has 0 aliphatic rings. The quantitative estimate of drug-likeness (QED) is 0.488. The fourth-order valence-corrected chi connectivity index (χ4v) is 3.33. The normalized spacial score (nSPS) is 11.9. The van der Waals surface area contributed by atoms with Gasteiger partial charge in [-0.2, -0.15) is 5.10 Å². The van der Waals surface area contributed by atoms with Crippen molar-refractivity contribution in [2.45, 2.75) is 4.90 Å². The van der Waals surface area contributed by atoms with Gasteiger partial charge < -0.3 is 10.4 Å². The molecule has 7 nitrogen and oxygen atoms in total. The molecule has 2 aromatic carbocycles. The van der Waals surface area contributed by atoms with E-state index in [0.29, 0.717) is 22.2 Å². The van der Waals surface area contributed by atoms with E-state index < -0.39 is 9.84 Å². The molecule has 0 atom stereocenters. The third-order valence-electron chi connectivity index (χ3n) is 3.92. The number of sulfone groups is 1. The van der Waals surface area contributed by atoms with E-state index >= 15 is 0 Å². The third-order valence-corrected chi connectivity index (χ3v) is 5.04. The average Bonchev–Trinajstić information content (AvgIpc) is 3.06. The average molecular weight is 354 g/mol. The molecule has 2 heterocycles. The van der Waals surface area contributed by atoms with Crippen LogP contribution in [0.5, 0.6) is 5.75 Å². The molecule has 0 unspecified atom stereocenters. The van der Waals surface area contributed by atoms with E-state index in [1.165, 1.54) is 6.26 Å². The van der Waals surface area contributed by atoms with E-state index in [1.807, 2.05) is 0 Å². The van der Waals surface area contributed by atoms with Gasteiger partial charge in [-0.25, -0.2) is 13.4 Å². The van der Waals surface area contributed by atoms with Crippen molar-refractivity contribution in [1.29, 1.82) is 0 Å². The van der Waals surface area contributed by atoms with Gasteiger partial charge in [-0.1, -0.05) is 0 Å². The van der Waals surface area contributed by atoms with Crippen molar-refractivity contribution >= 4 is 43.1 Å². The van der Waals surface area contributed by atoms with Crippen LogP contribution in [0.25, 0.3) is 21.8 Å². The number of aromatic hydroxyl groups is 1. The molecular formula is C17H14N4O3S. The second-order valence-corrected chi connectivity index (χ2v) is 7.76. The Balaban J connectivity index is 1.91. The second kappa shape index (κ2) is 5.45. The van der Waals surface area contributed by atoms with E-state index in [2.05, 4.69) is 20.5 Å². The van der Waals surface area contributed by atoms with Gasteiger partial charge in [0, 0.05) is 22.7 Å². The molecule has 4 aromatic rings. The van der Waals surface area contributed by atoms with E-state index in [9.17, 15) is 13.5 Å². The van der Waals surface area contributed by atoms with Crippen LogP contribution >= 0.6 is 0 Å². The highest BCUT2D eigenvalue weighted by Gasteiger charge is 2.14. The summed E-state index contributed by atoms with van der Waals surface area (Å²) >= 11 is 0. The minimum absolute atomic E-state index is 0.178. The Morgan fingerprint density at radius 3 is 2.56 bits per heavy atom. The number of H-pyrrole nitrogens is 1. The highest BCUT2D eigenvalue weighted by atomic mass is 32.2. The number of rotatable bonds is 3. The lowest BCUT2D eigenvalue weighted by molar-refractivity contribution is 0.475. The maximum Gasteiger partial charge on any atom is 0.175 e. The van der Waals surface area contributed by atoms with Gasteiger partial charge >= 0.3 is 0 Å². The van der Waals surface area contributed by atoms with Gasteiger partial charge in [-0.15, -0.1) is 0 Å². The summed E-state index contributed by atoms with van der Waals surface area (Å²) in [4.78, 5) is 4.82. The number of hydrogen-bond donors (Lipinski definition) is 3. The Labute approximate surface area is 143 Å². The van der Waals surface area contributed by atoms with Crippen LogP contribution in [0, 0.1) is 0 Å². The number of phenols is 1. The summed E-state index contributed by atoms with van der Waals surface area (Å²) in [5, 5.41) is 21.0. The largest absolute Gasteiger partial charge is 0.508 e. The first-order valence-electron chi connectivity index (χ1n) is 7.45. The molecule has 3 N–H and O–H groups in total. The zero-order chi connectivity index (χ0) is 17.6. The van der Waals surface area contributed by atoms with E-state index in [-0.39, 0.29) is 10.6 Å². The summed E-state index contributed by atoms with van der Waals surface area (Å²) in [5.41, 5.74) is 2.09. The first kappa shape index (κ1) is 15.4. The Bertz CT molecular complexity index is 1200. The third kappa shape index (κ3) is 2.76. The molecule has 25 heavy (non-hydrogen) atoms. The Kier molecular flexibility index (Phi) is 3.36. The predicted octanol–water partition coefficient (Wildman–Crippen LogP) is 2.96. The topological polar surface area (TPSA) is 108 Å². The van der Waals surface area contributed by atoms with Crippen molar-refractivity contribution < 1.29 is 13.5 Å². The summed E-state index contributed by atoms with van der Waals surface area (Å²) in [6, 6.07) is 11.4. The second-order valence-electron chi connectivity index (χ2n) is 5.74. The predicted molar refractivity (Wildman–Crippen MR) is 95.9 cm³/mol. The van der Waals surface area contributed by atoms with Crippen LogP contribution in [0.3, 0.4) is 0 Å². The fraction of sp³-hybridized carbons (Fsp3) is 0.0588. The van der Waals surface area contributed by atoms with Crippen LogP contribution in [0.2, 0.25) is 0 Å². The minimum atomic E-state index is -3.31. The number of anilines is 2. The van der Waals surface area contributed by atoms with E-state index in [4.69, 9.17) is 0 Å². The van der Waals surface area contributed by atoms with Gasteiger partial charge in [-0.3, -0.25) is 5.10 Å². The summed E-state index contributed by atoms with van der Waals surface area (Å²) in [7, 11) is -3.31. The lowest BCUT2D eigenvalue weighted by atomic mass is 10.1. The van der Waals surface area contributed by atoms with Crippen LogP contribution in [0.4, 0.5) is 11.5 Å².